The van der Waals surface area contributed by atoms with Gasteiger partial charge in [0.05, 0.1) is 0 Å². The molecule has 1 atom stereocenters. The molecule has 0 aliphatic rings. The highest BCUT2D eigenvalue weighted by molar-refractivity contribution is 5.86. The Labute approximate surface area is 109 Å². The molecule has 0 fully saturated rings. The average molecular weight is 267 g/mol. The first-order valence-corrected chi connectivity index (χ1v) is 5.48. The van der Waals surface area contributed by atoms with E-state index in [2.05, 4.69) is 10.6 Å². The number of nitrogens with one attached hydrogen (secondary N) is 2. The van der Waals surface area contributed by atoms with E-state index in [9.17, 15) is 9.59 Å². The maximum absolute atomic E-state index is 11.9. The Morgan fingerprint density at radius 2 is 2.00 bits per heavy atom. The number of carbonyl (C=O) groups excluding carboxylic acids is 2. The molecule has 0 aromatic carbocycles. The maximum atomic E-state index is 11.9. The second kappa shape index (κ2) is 10.2. The number of carbonyl (C=O) groups is 2. The molecule has 0 aromatic rings. The number of hydrogen-bond acceptors (Lipinski definition) is 3. The summed E-state index contributed by atoms with van der Waals surface area (Å²) in [5, 5.41) is 5.42. The van der Waals surface area contributed by atoms with Crippen LogP contribution < -0.4 is 16.4 Å². The lowest BCUT2D eigenvalue weighted by molar-refractivity contribution is -0.132. The van der Waals surface area contributed by atoms with E-state index < -0.39 is 12.1 Å². The van der Waals surface area contributed by atoms with Gasteiger partial charge < -0.3 is 21.3 Å². The van der Waals surface area contributed by atoms with E-state index >= 15 is 0 Å². The second-order valence-electron chi connectivity index (χ2n) is 3.71. The highest BCUT2D eigenvalue weighted by Crippen LogP contribution is 2.00. The minimum Gasteiger partial charge on any atom is -0.352 e. The molecule has 0 aliphatic heterocycles. The van der Waals surface area contributed by atoms with Gasteiger partial charge in [0.1, 0.15) is 6.04 Å². The predicted molar refractivity (Wildman–Crippen MR) is 70.2 cm³/mol. The average Bonchev–Trinajstić information content (AvgIpc) is 2.23. The minimum atomic E-state index is -0.659. The van der Waals surface area contributed by atoms with E-state index in [1.54, 1.807) is 11.9 Å². The molecule has 0 bridgehead atoms. The van der Waals surface area contributed by atoms with Gasteiger partial charge in [-0.2, -0.15) is 0 Å². The summed E-state index contributed by atoms with van der Waals surface area (Å²) in [6, 6.07) is -1.17. The normalized spacial score (nSPS) is 11.2. The zero-order valence-electron chi connectivity index (χ0n) is 10.7. The van der Waals surface area contributed by atoms with Gasteiger partial charge in [-0.1, -0.05) is 13.3 Å². The minimum absolute atomic E-state index is 0. The molecule has 102 valence electrons. The predicted octanol–water partition coefficient (Wildman–Crippen LogP) is -0.0770. The number of nitrogens with zero attached hydrogens (tertiary/aromatic N) is 1. The van der Waals surface area contributed by atoms with Gasteiger partial charge in [0.2, 0.25) is 5.91 Å². The van der Waals surface area contributed by atoms with Crippen LogP contribution >= 0.6 is 12.4 Å². The Hall–Kier alpha value is -1.01. The Morgan fingerprint density at radius 1 is 1.41 bits per heavy atom. The number of likely N-dealkylation sites (N-methyl/N-ethyl adjacent to an activating group) is 2. The zero-order chi connectivity index (χ0) is 12.6. The standard InChI is InChI=1S/C10H22N4O2.ClH/c1-4-5-8(13-10(11)16)9(15)14(3)7-6-12-2;/h8,12H,4-7H2,1-3H3,(H3,11,13,16);1H/t8-;/m1./s1. The summed E-state index contributed by atoms with van der Waals surface area (Å²) in [6.45, 7) is 3.28. The molecule has 0 aromatic heterocycles. The Kier molecular flexibility index (Phi) is 11.0. The lowest BCUT2D eigenvalue weighted by Crippen LogP contribution is -2.49. The fraction of sp³-hybridized carbons (Fsp3) is 0.800. The topological polar surface area (TPSA) is 87.5 Å². The van der Waals surface area contributed by atoms with Crippen molar-refractivity contribution in [1.29, 1.82) is 0 Å². The van der Waals surface area contributed by atoms with Crippen molar-refractivity contribution in [2.45, 2.75) is 25.8 Å². The van der Waals surface area contributed by atoms with Gasteiger partial charge >= 0.3 is 6.03 Å². The van der Waals surface area contributed by atoms with Gasteiger partial charge in [-0.25, -0.2) is 4.79 Å². The maximum Gasteiger partial charge on any atom is 0.312 e. The Bertz CT molecular complexity index is 238. The number of nitrogens with two attached hydrogens (primary N) is 1. The third kappa shape index (κ3) is 7.82. The van der Waals surface area contributed by atoms with Crippen molar-refractivity contribution in [2.24, 2.45) is 5.73 Å². The van der Waals surface area contributed by atoms with Crippen LogP contribution in [0.4, 0.5) is 4.79 Å². The molecule has 0 unspecified atom stereocenters. The third-order valence-electron chi connectivity index (χ3n) is 2.27. The van der Waals surface area contributed by atoms with Crippen molar-refractivity contribution in [3.05, 3.63) is 0 Å². The van der Waals surface area contributed by atoms with E-state index in [-0.39, 0.29) is 18.3 Å². The molecular weight excluding hydrogens is 244 g/mol. The van der Waals surface area contributed by atoms with E-state index in [0.717, 1.165) is 13.0 Å². The van der Waals surface area contributed by atoms with Crippen LogP contribution in [0.25, 0.3) is 0 Å². The van der Waals surface area contributed by atoms with Crippen molar-refractivity contribution < 1.29 is 9.59 Å². The molecule has 0 radical (unpaired) electrons. The van der Waals surface area contributed by atoms with Crippen molar-refractivity contribution >= 4 is 24.3 Å². The molecule has 3 amide bonds. The van der Waals surface area contributed by atoms with Crippen LogP contribution in [0.2, 0.25) is 0 Å². The summed E-state index contributed by atoms with van der Waals surface area (Å²) < 4.78 is 0. The smallest absolute Gasteiger partial charge is 0.312 e. The number of amides is 3. The summed E-state index contributed by atoms with van der Waals surface area (Å²) in [4.78, 5) is 24.2. The van der Waals surface area contributed by atoms with Gasteiger partial charge in [0.15, 0.2) is 0 Å². The summed E-state index contributed by atoms with van der Waals surface area (Å²) >= 11 is 0. The van der Waals surface area contributed by atoms with Crippen LogP contribution in [-0.2, 0) is 4.79 Å². The summed E-state index contributed by atoms with van der Waals surface area (Å²) in [6.07, 6.45) is 1.42. The van der Waals surface area contributed by atoms with Crippen LogP contribution in [-0.4, -0.2) is 50.1 Å². The molecule has 4 N–H and O–H groups in total. The second-order valence-corrected chi connectivity index (χ2v) is 3.71. The molecule has 7 heteroatoms. The number of primary amides is 1. The van der Waals surface area contributed by atoms with Gasteiger partial charge in [-0.3, -0.25) is 4.79 Å². The van der Waals surface area contributed by atoms with Gasteiger partial charge in [-0.05, 0) is 13.5 Å². The van der Waals surface area contributed by atoms with Crippen molar-refractivity contribution in [3.8, 4) is 0 Å². The fourth-order valence-corrected chi connectivity index (χ4v) is 1.37. The van der Waals surface area contributed by atoms with Crippen molar-refractivity contribution in [1.82, 2.24) is 15.5 Å². The summed E-state index contributed by atoms with van der Waals surface area (Å²) in [7, 11) is 3.54. The van der Waals surface area contributed by atoms with Gasteiger partial charge in [-0.15, -0.1) is 12.4 Å². The van der Waals surface area contributed by atoms with Gasteiger partial charge in [0.25, 0.3) is 0 Å². The third-order valence-corrected chi connectivity index (χ3v) is 2.27. The molecular formula is C10H23ClN4O2. The van der Waals surface area contributed by atoms with E-state index in [1.807, 2.05) is 14.0 Å². The molecule has 0 spiro atoms. The van der Waals surface area contributed by atoms with E-state index in [4.69, 9.17) is 5.73 Å². The lowest BCUT2D eigenvalue weighted by atomic mass is 10.1. The van der Waals surface area contributed by atoms with E-state index in [1.165, 1.54) is 0 Å². The fourth-order valence-electron chi connectivity index (χ4n) is 1.37. The van der Waals surface area contributed by atoms with Gasteiger partial charge in [0, 0.05) is 20.1 Å². The quantitative estimate of drug-likeness (QED) is 0.602. The van der Waals surface area contributed by atoms with Crippen LogP contribution in [0.1, 0.15) is 19.8 Å². The summed E-state index contributed by atoms with van der Waals surface area (Å²) in [5.41, 5.74) is 5.03. The van der Waals surface area contributed by atoms with E-state index in [0.29, 0.717) is 13.0 Å². The monoisotopic (exact) mass is 266 g/mol. The van der Waals surface area contributed by atoms with Crippen LogP contribution in [0.15, 0.2) is 0 Å². The first kappa shape index (κ1) is 18.4. The largest absolute Gasteiger partial charge is 0.352 e. The lowest BCUT2D eigenvalue weighted by Gasteiger charge is -2.23. The zero-order valence-corrected chi connectivity index (χ0v) is 11.5. The van der Waals surface area contributed by atoms with Crippen LogP contribution in [0, 0.1) is 0 Å². The molecule has 17 heavy (non-hydrogen) atoms. The summed E-state index contributed by atoms with van der Waals surface area (Å²) in [5.74, 6) is -0.101. The van der Waals surface area contributed by atoms with Crippen molar-refractivity contribution in [3.63, 3.8) is 0 Å². The van der Waals surface area contributed by atoms with Crippen molar-refractivity contribution in [2.75, 3.05) is 27.2 Å². The molecule has 0 saturated heterocycles. The molecule has 0 rings (SSSR count). The number of hydrogen-bond donors (Lipinski definition) is 3. The Morgan fingerprint density at radius 3 is 2.41 bits per heavy atom. The highest BCUT2D eigenvalue weighted by Gasteiger charge is 2.21. The van der Waals surface area contributed by atoms with Crippen LogP contribution in [0.3, 0.4) is 0 Å². The molecule has 0 saturated carbocycles. The van der Waals surface area contributed by atoms with Crippen LogP contribution in [0.5, 0.6) is 0 Å². The molecule has 6 nitrogen and oxygen atoms in total. The number of rotatable bonds is 7. The molecule has 0 heterocycles. The number of urea groups is 1. The number of halogens is 1. The first-order chi connectivity index (χ1) is 7.52. The first-order valence-electron chi connectivity index (χ1n) is 5.48. The Balaban J connectivity index is 0. The SMILES string of the molecule is CCC[C@@H](NC(N)=O)C(=O)N(C)CCNC.Cl. The highest BCUT2D eigenvalue weighted by atomic mass is 35.5. The molecule has 0 aliphatic carbocycles.